The third kappa shape index (κ3) is 9.02. The van der Waals surface area contributed by atoms with E-state index in [2.05, 4.69) is 11.9 Å². The molecule has 0 fully saturated rings. The van der Waals surface area contributed by atoms with Crippen LogP contribution in [0.1, 0.15) is 74.0 Å². The first-order valence-corrected chi connectivity index (χ1v) is 10.9. The predicted octanol–water partition coefficient (Wildman–Crippen LogP) is 8.86. The van der Waals surface area contributed by atoms with Gasteiger partial charge in [0.1, 0.15) is 5.69 Å². The summed E-state index contributed by atoms with van der Waals surface area (Å²) in [4.78, 5) is 13.6. The summed E-state index contributed by atoms with van der Waals surface area (Å²) in [6, 6.07) is 8.39. The van der Waals surface area contributed by atoms with Gasteiger partial charge >= 0.3 is 6.18 Å². The van der Waals surface area contributed by atoms with Crippen LogP contribution in [0.15, 0.2) is 36.5 Å². The molecule has 9 heteroatoms. The zero-order valence-electron chi connectivity index (χ0n) is 18.0. The SMILES string of the molecule is CCCC(F)(F)CCC(C)C(C)c1cccc(Cl)c1.O=Cc1nccc(C(F)(F)F)c1Cl. The molecule has 1 aromatic heterocycles. The van der Waals surface area contributed by atoms with Gasteiger partial charge in [-0.3, -0.25) is 9.78 Å². The Hall–Kier alpha value is -1.73. The number of carbonyl (C=O) groups excluding carboxylic acids is 1. The molecule has 178 valence electrons. The lowest BCUT2D eigenvalue weighted by molar-refractivity contribution is -0.137. The molecule has 1 heterocycles. The third-order valence-corrected chi connectivity index (χ3v) is 5.77. The molecule has 0 aliphatic heterocycles. The Balaban J connectivity index is 0.000000343. The predicted molar refractivity (Wildman–Crippen MR) is 118 cm³/mol. The highest BCUT2D eigenvalue weighted by molar-refractivity contribution is 6.33. The Morgan fingerprint density at radius 1 is 1.06 bits per heavy atom. The van der Waals surface area contributed by atoms with Gasteiger partial charge in [0.2, 0.25) is 5.92 Å². The van der Waals surface area contributed by atoms with E-state index >= 15 is 0 Å². The maximum absolute atomic E-state index is 13.5. The van der Waals surface area contributed by atoms with Gasteiger partial charge in [-0.05, 0) is 42.0 Å². The van der Waals surface area contributed by atoms with Gasteiger partial charge in [0.25, 0.3) is 0 Å². The Morgan fingerprint density at radius 2 is 1.72 bits per heavy atom. The standard InChI is InChI=1S/C16H23ClF2.C7H3ClF3NO/c1-4-9-16(18,19)10-8-12(2)13(3)14-6-5-7-15(17)11-14;8-6-4(7(9,10)11)1-2-12-5(6)3-13/h5-7,11-13H,4,8-10H2,1-3H3;1-3H. The maximum Gasteiger partial charge on any atom is 0.417 e. The molecule has 0 saturated carbocycles. The number of pyridine rings is 1. The number of hydrogen-bond acceptors (Lipinski definition) is 2. The van der Waals surface area contributed by atoms with E-state index in [-0.39, 0.29) is 31.0 Å². The maximum atomic E-state index is 13.5. The fourth-order valence-electron chi connectivity index (χ4n) is 3.06. The second-order valence-corrected chi connectivity index (χ2v) is 8.45. The molecule has 0 bridgehead atoms. The van der Waals surface area contributed by atoms with Crippen LogP contribution < -0.4 is 0 Å². The van der Waals surface area contributed by atoms with E-state index in [9.17, 15) is 26.7 Å². The fourth-order valence-corrected chi connectivity index (χ4v) is 3.52. The Kier molecular flexibility index (Phi) is 11.1. The van der Waals surface area contributed by atoms with Crippen molar-refractivity contribution in [3.8, 4) is 0 Å². The van der Waals surface area contributed by atoms with Crippen LogP contribution in [0.25, 0.3) is 0 Å². The van der Waals surface area contributed by atoms with E-state index in [1.807, 2.05) is 31.2 Å². The van der Waals surface area contributed by atoms with E-state index in [0.717, 1.165) is 17.8 Å². The molecular weight excluding hydrogens is 472 g/mol. The van der Waals surface area contributed by atoms with E-state index in [1.165, 1.54) is 0 Å². The summed E-state index contributed by atoms with van der Waals surface area (Å²) in [6.07, 6.45) is -2.45. The van der Waals surface area contributed by atoms with Crippen LogP contribution in [0.2, 0.25) is 10.0 Å². The van der Waals surface area contributed by atoms with Gasteiger partial charge in [0.15, 0.2) is 6.29 Å². The molecule has 2 aromatic rings. The van der Waals surface area contributed by atoms with Gasteiger partial charge in [-0.15, -0.1) is 0 Å². The van der Waals surface area contributed by atoms with Crippen LogP contribution in [0.4, 0.5) is 22.0 Å². The van der Waals surface area contributed by atoms with E-state index in [0.29, 0.717) is 17.9 Å². The van der Waals surface area contributed by atoms with Crippen LogP contribution in [0.3, 0.4) is 0 Å². The van der Waals surface area contributed by atoms with Crippen molar-refractivity contribution in [2.45, 2.75) is 64.5 Å². The summed E-state index contributed by atoms with van der Waals surface area (Å²) >= 11 is 11.2. The number of aromatic nitrogens is 1. The molecule has 0 spiro atoms. The minimum atomic E-state index is -4.56. The van der Waals surface area contributed by atoms with Crippen molar-refractivity contribution in [1.82, 2.24) is 4.98 Å². The lowest BCUT2D eigenvalue weighted by Crippen LogP contribution is -2.18. The summed E-state index contributed by atoms with van der Waals surface area (Å²) < 4.78 is 63.4. The Bertz CT molecular complexity index is 874. The number of hydrogen-bond donors (Lipinski definition) is 0. The number of aldehydes is 1. The monoisotopic (exact) mass is 497 g/mol. The molecule has 0 N–H and O–H groups in total. The summed E-state index contributed by atoms with van der Waals surface area (Å²) in [5.74, 6) is -2.05. The molecule has 0 aliphatic rings. The molecule has 2 rings (SSSR count). The van der Waals surface area contributed by atoms with E-state index in [1.54, 1.807) is 6.92 Å². The zero-order valence-corrected chi connectivity index (χ0v) is 19.5. The molecule has 2 nitrogen and oxygen atoms in total. The number of benzene rings is 1. The first-order valence-electron chi connectivity index (χ1n) is 10.1. The summed E-state index contributed by atoms with van der Waals surface area (Å²) in [6.45, 7) is 5.91. The molecule has 0 amide bonds. The normalized spacial score (nSPS) is 13.7. The average molecular weight is 498 g/mol. The molecule has 32 heavy (non-hydrogen) atoms. The highest BCUT2D eigenvalue weighted by atomic mass is 35.5. The zero-order chi connectivity index (χ0) is 24.5. The second kappa shape index (κ2) is 12.5. The highest BCUT2D eigenvalue weighted by Gasteiger charge is 2.34. The minimum Gasteiger partial charge on any atom is -0.296 e. The van der Waals surface area contributed by atoms with Crippen LogP contribution in [0, 0.1) is 5.92 Å². The van der Waals surface area contributed by atoms with Gasteiger partial charge in [-0.25, -0.2) is 8.78 Å². The van der Waals surface area contributed by atoms with Crippen molar-refractivity contribution in [3.05, 3.63) is 63.4 Å². The third-order valence-electron chi connectivity index (χ3n) is 5.14. The van der Waals surface area contributed by atoms with Gasteiger partial charge in [-0.1, -0.05) is 62.5 Å². The summed E-state index contributed by atoms with van der Waals surface area (Å²) in [7, 11) is 0. The first-order chi connectivity index (χ1) is 14.8. The Morgan fingerprint density at radius 3 is 2.25 bits per heavy atom. The molecule has 2 atom stereocenters. The van der Waals surface area contributed by atoms with Crippen molar-refractivity contribution in [3.63, 3.8) is 0 Å². The smallest absolute Gasteiger partial charge is 0.296 e. The van der Waals surface area contributed by atoms with Crippen LogP contribution in [0.5, 0.6) is 0 Å². The van der Waals surface area contributed by atoms with E-state index < -0.39 is 28.4 Å². The van der Waals surface area contributed by atoms with Crippen molar-refractivity contribution in [1.29, 1.82) is 0 Å². The van der Waals surface area contributed by atoms with Crippen molar-refractivity contribution >= 4 is 29.5 Å². The lowest BCUT2D eigenvalue weighted by atomic mass is 9.85. The number of carbonyl (C=O) groups is 1. The number of rotatable bonds is 8. The van der Waals surface area contributed by atoms with Gasteiger partial charge in [0, 0.05) is 24.1 Å². The van der Waals surface area contributed by atoms with Crippen LogP contribution in [-0.4, -0.2) is 17.2 Å². The van der Waals surface area contributed by atoms with Crippen molar-refractivity contribution < 1.29 is 26.7 Å². The summed E-state index contributed by atoms with van der Waals surface area (Å²) in [5, 5.41) is 0.0397. The van der Waals surface area contributed by atoms with E-state index in [4.69, 9.17) is 23.2 Å². The number of halogens is 7. The van der Waals surface area contributed by atoms with Gasteiger partial charge in [-0.2, -0.15) is 13.2 Å². The number of nitrogens with zero attached hydrogens (tertiary/aromatic N) is 1. The topological polar surface area (TPSA) is 30.0 Å². The number of alkyl halides is 5. The van der Waals surface area contributed by atoms with Gasteiger partial charge in [0.05, 0.1) is 10.6 Å². The lowest BCUT2D eigenvalue weighted by Gasteiger charge is -2.23. The molecule has 0 radical (unpaired) electrons. The fraction of sp³-hybridized carbons (Fsp3) is 0.478. The average Bonchev–Trinajstić information content (AvgIpc) is 2.71. The van der Waals surface area contributed by atoms with Gasteiger partial charge < -0.3 is 0 Å². The van der Waals surface area contributed by atoms with Crippen molar-refractivity contribution in [2.24, 2.45) is 5.92 Å². The molecule has 0 aliphatic carbocycles. The molecule has 0 saturated heterocycles. The molecule has 1 aromatic carbocycles. The van der Waals surface area contributed by atoms with Crippen LogP contribution in [-0.2, 0) is 6.18 Å². The highest BCUT2D eigenvalue weighted by Crippen LogP contribution is 2.35. The quantitative estimate of drug-likeness (QED) is 0.269. The first kappa shape index (κ1) is 28.3. The van der Waals surface area contributed by atoms with Crippen LogP contribution >= 0.6 is 23.2 Å². The molecular formula is C23H26Cl2F5NO. The Labute approximate surface area is 195 Å². The summed E-state index contributed by atoms with van der Waals surface area (Å²) in [5.41, 5.74) is -0.332. The van der Waals surface area contributed by atoms with Crippen molar-refractivity contribution in [2.75, 3.05) is 0 Å². The second-order valence-electron chi connectivity index (χ2n) is 7.64. The minimum absolute atomic E-state index is 0.00866. The molecule has 2 unspecified atom stereocenters. The largest absolute Gasteiger partial charge is 0.417 e.